The summed E-state index contributed by atoms with van der Waals surface area (Å²) in [6, 6.07) is 8.39. The summed E-state index contributed by atoms with van der Waals surface area (Å²) in [6.45, 7) is -0.111. The van der Waals surface area contributed by atoms with Gasteiger partial charge in [0.25, 0.3) is 0 Å². The molecule has 0 aliphatic rings. The standard InChI is InChI=1S/C17H15FN4O4S/c18-12-5-3-11(4-6-12)15-21-22(17(25)26-15)10-14(23)20-16(24)19-8-7-13-2-1-9-27-13/h1-6,9H,7-8,10H2,(H2,19,20,23,24). The molecular weight excluding hydrogens is 375 g/mol. The van der Waals surface area contributed by atoms with Crippen molar-refractivity contribution >= 4 is 23.3 Å². The predicted molar refractivity (Wildman–Crippen MR) is 95.7 cm³/mol. The van der Waals surface area contributed by atoms with Gasteiger partial charge in [0.15, 0.2) is 0 Å². The van der Waals surface area contributed by atoms with E-state index in [0.717, 1.165) is 9.56 Å². The van der Waals surface area contributed by atoms with Crippen LogP contribution in [0.3, 0.4) is 0 Å². The second kappa shape index (κ2) is 8.41. The lowest BCUT2D eigenvalue weighted by Gasteiger charge is -2.05. The molecule has 0 saturated heterocycles. The Balaban J connectivity index is 1.52. The minimum atomic E-state index is -0.859. The van der Waals surface area contributed by atoms with Crippen molar-refractivity contribution < 1.29 is 18.4 Å². The van der Waals surface area contributed by atoms with E-state index in [2.05, 4.69) is 15.7 Å². The number of amides is 3. The zero-order chi connectivity index (χ0) is 19.2. The van der Waals surface area contributed by atoms with Gasteiger partial charge in [-0.05, 0) is 42.1 Å². The maximum Gasteiger partial charge on any atom is 0.437 e. The quantitative estimate of drug-likeness (QED) is 0.667. The first-order chi connectivity index (χ1) is 13.0. The molecule has 0 fully saturated rings. The monoisotopic (exact) mass is 390 g/mol. The molecule has 0 unspecified atom stereocenters. The number of urea groups is 1. The topological polar surface area (TPSA) is 106 Å². The highest BCUT2D eigenvalue weighted by atomic mass is 32.1. The molecule has 140 valence electrons. The largest absolute Gasteiger partial charge is 0.437 e. The first-order valence-corrected chi connectivity index (χ1v) is 8.83. The third-order valence-corrected chi connectivity index (χ3v) is 4.42. The maximum atomic E-state index is 12.9. The highest BCUT2D eigenvalue weighted by molar-refractivity contribution is 7.09. The molecule has 2 heterocycles. The van der Waals surface area contributed by atoms with Gasteiger partial charge in [-0.2, -0.15) is 4.68 Å². The van der Waals surface area contributed by atoms with Crippen LogP contribution in [0, 0.1) is 5.82 Å². The van der Waals surface area contributed by atoms with Crippen LogP contribution in [0.5, 0.6) is 0 Å². The highest BCUT2D eigenvalue weighted by Gasteiger charge is 2.15. The fourth-order valence-corrected chi connectivity index (χ4v) is 2.92. The number of rotatable bonds is 6. The van der Waals surface area contributed by atoms with Crippen molar-refractivity contribution in [3.63, 3.8) is 0 Å². The van der Waals surface area contributed by atoms with Crippen LogP contribution in [0.1, 0.15) is 4.88 Å². The van der Waals surface area contributed by atoms with E-state index >= 15 is 0 Å². The minimum absolute atomic E-state index is 0.0480. The molecule has 0 spiro atoms. The lowest BCUT2D eigenvalue weighted by molar-refractivity contribution is -0.120. The molecule has 1 aromatic carbocycles. The molecular formula is C17H15FN4O4S. The van der Waals surface area contributed by atoms with Crippen LogP contribution in [0.2, 0.25) is 0 Å². The smallest absolute Gasteiger partial charge is 0.388 e. The van der Waals surface area contributed by atoms with Crippen molar-refractivity contribution in [1.82, 2.24) is 20.4 Å². The highest BCUT2D eigenvalue weighted by Crippen LogP contribution is 2.15. The van der Waals surface area contributed by atoms with E-state index in [4.69, 9.17) is 4.42 Å². The van der Waals surface area contributed by atoms with Crippen LogP contribution >= 0.6 is 11.3 Å². The molecule has 27 heavy (non-hydrogen) atoms. The zero-order valence-corrected chi connectivity index (χ0v) is 14.8. The van der Waals surface area contributed by atoms with Crippen LogP contribution in [0.4, 0.5) is 9.18 Å². The van der Waals surface area contributed by atoms with Gasteiger partial charge in [0, 0.05) is 17.0 Å². The van der Waals surface area contributed by atoms with Crippen molar-refractivity contribution in [2.45, 2.75) is 13.0 Å². The second-order valence-corrected chi connectivity index (χ2v) is 6.50. The van der Waals surface area contributed by atoms with Crippen LogP contribution in [-0.2, 0) is 17.8 Å². The number of hydrogen-bond acceptors (Lipinski definition) is 6. The summed E-state index contributed by atoms with van der Waals surface area (Å²) in [5, 5.41) is 10.5. The number of aromatic nitrogens is 2. The molecule has 3 amide bonds. The Bertz CT molecular complexity index is 979. The summed E-state index contributed by atoms with van der Waals surface area (Å²) < 4.78 is 18.7. The SMILES string of the molecule is O=C(Cn1nc(-c2ccc(F)cc2)oc1=O)NC(=O)NCCc1cccs1. The van der Waals surface area contributed by atoms with Gasteiger partial charge in [0.2, 0.25) is 11.8 Å². The van der Waals surface area contributed by atoms with E-state index in [1.807, 2.05) is 17.5 Å². The number of thiophene rings is 1. The number of hydrogen-bond donors (Lipinski definition) is 2. The van der Waals surface area contributed by atoms with E-state index in [0.29, 0.717) is 18.5 Å². The number of imide groups is 1. The third-order valence-electron chi connectivity index (χ3n) is 3.48. The molecule has 8 nitrogen and oxygen atoms in total. The molecule has 0 bridgehead atoms. The molecule has 3 rings (SSSR count). The number of carbonyl (C=O) groups is 2. The number of nitrogens with one attached hydrogen (secondary N) is 2. The summed E-state index contributed by atoms with van der Waals surface area (Å²) in [4.78, 5) is 36.5. The van der Waals surface area contributed by atoms with Crippen molar-refractivity contribution in [2.75, 3.05) is 6.54 Å². The minimum Gasteiger partial charge on any atom is -0.388 e. The van der Waals surface area contributed by atoms with Gasteiger partial charge < -0.3 is 9.73 Å². The Morgan fingerprint density at radius 1 is 1.22 bits per heavy atom. The van der Waals surface area contributed by atoms with Gasteiger partial charge >= 0.3 is 11.8 Å². The van der Waals surface area contributed by atoms with Crippen LogP contribution in [0.25, 0.3) is 11.5 Å². The van der Waals surface area contributed by atoms with Gasteiger partial charge in [-0.15, -0.1) is 16.4 Å². The molecule has 0 atom stereocenters. The van der Waals surface area contributed by atoms with E-state index < -0.39 is 30.1 Å². The fraction of sp³-hybridized carbons (Fsp3) is 0.176. The van der Waals surface area contributed by atoms with Crippen molar-refractivity contribution in [2.24, 2.45) is 0 Å². The van der Waals surface area contributed by atoms with Crippen LogP contribution in [0.15, 0.2) is 51.0 Å². The Morgan fingerprint density at radius 2 is 2.00 bits per heavy atom. The summed E-state index contributed by atoms with van der Waals surface area (Å²) in [7, 11) is 0. The van der Waals surface area contributed by atoms with Gasteiger partial charge in [-0.25, -0.2) is 14.0 Å². The van der Waals surface area contributed by atoms with Crippen molar-refractivity contribution in [1.29, 1.82) is 0 Å². The van der Waals surface area contributed by atoms with Crippen molar-refractivity contribution in [3.8, 4) is 11.5 Å². The first kappa shape index (κ1) is 18.5. The maximum absolute atomic E-state index is 12.9. The normalized spacial score (nSPS) is 10.6. The summed E-state index contributed by atoms with van der Waals surface area (Å²) >= 11 is 1.58. The molecule has 2 aromatic heterocycles. The fourth-order valence-electron chi connectivity index (χ4n) is 2.22. The molecule has 0 aliphatic carbocycles. The van der Waals surface area contributed by atoms with E-state index in [1.54, 1.807) is 11.3 Å². The molecule has 0 saturated carbocycles. The van der Waals surface area contributed by atoms with E-state index in [9.17, 15) is 18.8 Å². The first-order valence-electron chi connectivity index (χ1n) is 7.95. The summed E-state index contributed by atoms with van der Waals surface area (Å²) in [6.07, 6.45) is 0.656. The van der Waals surface area contributed by atoms with Gasteiger partial charge in [-0.1, -0.05) is 6.07 Å². The number of nitrogens with zero attached hydrogens (tertiary/aromatic N) is 2. The van der Waals surface area contributed by atoms with Crippen LogP contribution < -0.4 is 16.4 Å². The van der Waals surface area contributed by atoms with E-state index in [1.165, 1.54) is 24.3 Å². The lowest BCUT2D eigenvalue weighted by atomic mass is 10.2. The van der Waals surface area contributed by atoms with Crippen molar-refractivity contribution in [3.05, 3.63) is 63.0 Å². The summed E-state index contributed by atoms with van der Waals surface area (Å²) in [5.41, 5.74) is 0.388. The molecule has 0 aliphatic heterocycles. The lowest BCUT2D eigenvalue weighted by Crippen LogP contribution is -2.42. The molecule has 10 heteroatoms. The van der Waals surface area contributed by atoms with Gasteiger partial charge in [0.1, 0.15) is 12.4 Å². The Morgan fingerprint density at radius 3 is 2.70 bits per heavy atom. The van der Waals surface area contributed by atoms with Gasteiger partial charge in [-0.3, -0.25) is 10.1 Å². The average molecular weight is 390 g/mol. The molecule has 2 N–H and O–H groups in total. The molecule has 0 radical (unpaired) electrons. The number of benzene rings is 1. The predicted octanol–water partition coefficient (Wildman–Crippen LogP) is 1.77. The second-order valence-electron chi connectivity index (χ2n) is 5.47. The van der Waals surface area contributed by atoms with Crippen LogP contribution in [-0.4, -0.2) is 28.3 Å². The van der Waals surface area contributed by atoms with Gasteiger partial charge in [0.05, 0.1) is 0 Å². The summed E-state index contributed by atoms with van der Waals surface area (Å²) in [5.74, 6) is -2.06. The number of carbonyl (C=O) groups excluding carboxylic acids is 2. The third kappa shape index (κ3) is 5.11. The van der Waals surface area contributed by atoms with E-state index in [-0.39, 0.29) is 5.89 Å². The number of halogens is 1. The Kier molecular flexibility index (Phi) is 5.77. The zero-order valence-electron chi connectivity index (χ0n) is 14.0. The molecule has 3 aromatic rings. The Labute approximate surface area is 156 Å². The average Bonchev–Trinajstić information content (AvgIpc) is 3.26. The Hall–Kier alpha value is -3.27.